The van der Waals surface area contributed by atoms with Gasteiger partial charge in [0.15, 0.2) is 0 Å². The topological polar surface area (TPSA) is 58.4 Å². The minimum Gasteiger partial charge on any atom is -0.399 e. The second-order valence-electron chi connectivity index (χ2n) is 4.14. The molecule has 0 fully saturated rings. The Hall–Kier alpha value is -2.49. The average molecular weight is 255 g/mol. The number of amides is 2. The van der Waals surface area contributed by atoms with E-state index in [0.29, 0.717) is 12.2 Å². The molecule has 0 saturated carbocycles. The first-order valence-corrected chi connectivity index (χ1v) is 6.20. The van der Waals surface area contributed by atoms with Gasteiger partial charge < -0.3 is 11.1 Å². The van der Waals surface area contributed by atoms with E-state index in [1.165, 1.54) is 0 Å². The highest BCUT2D eigenvalue weighted by Crippen LogP contribution is 2.18. The van der Waals surface area contributed by atoms with E-state index in [0.717, 1.165) is 11.4 Å². The van der Waals surface area contributed by atoms with Crippen molar-refractivity contribution in [2.45, 2.75) is 6.92 Å². The molecule has 0 aromatic heterocycles. The number of nitrogen functional groups attached to an aromatic ring is 1. The van der Waals surface area contributed by atoms with Crippen LogP contribution in [0.15, 0.2) is 54.6 Å². The van der Waals surface area contributed by atoms with Crippen molar-refractivity contribution >= 4 is 23.1 Å². The van der Waals surface area contributed by atoms with E-state index in [-0.39, 0.29) is 6.03 Å². The van der Waals surface area contributed by atoms with Crippen molar-refractivity contribution in [3.05, 3.63) is 54.6 Å². The molecule has 4 nitrogen and oxygen atoms in total. The van der Waals surface area contributed by atoms with Crippen LogP contribution < -0.4 is 16.0 Å². The molecule has 0 radical (unpaired) electrons. The van der Waals surface area contributed by atoms with Crippen LogP contribution in [0.5, 0.6) is 0 Å². The second-order valence-corrected chi connectivity index (χ2v) is 4.14. The molecule has 0 bridgehead atoms. The average Bonchev–Trinajstić information content (AvgIpc) is 2.41. The molecule has 0 spiro atoms. The van der Waals surface area contributed by atoms with Crippen LogP contribution in [-0.4, -0.2) is 12.6 Å². The Bertz CT molecular complexity index is 554. The molecule has 0 aliphatic carbocycles. The van der Waals surface area contributed by atoms with Gasteiger partial charge >= 0.3 is 6.03 Å². The normalized spacial score (nSPS) is 9.95. The van der Waals surface area contributed by atoms with Crippen LogP contribution in [0.1, 0.15) is 6.92 Å². The fourth-order valence-corrected chi connectivity index (χ4v) is 1.85. The molecule has 0 atom stereocenters. The number of nitrogens with zero attached hydrogens (tertiary/aromatic N) is 1. The lowest BCUT2D eigenvalue weighted by Crippen LogP contribution is -2.34. The number of rotatable bonds is 3. The SMILES string of the molecule is CCN(C(=O)Nc1ccccc1)c1cccc(N)c1. The van der Waals surface area contributed by atoms with Gasteiger partial charge in [0.05, 0.1) is 0 Å². The zero-order valence-corrected chi connectivity index (χ0v) is 10.8. The Morgan fingerprint density at radius 2 is 1.89 bits per heavy atom. The van der Waals surface area contributed by atoms with Gasteiger partial charge in [0.1, 0.15) is 0 Å². The molecule has 3 N–H and O–H groups in total. The highest BCUT2D eigenvalue weighted by atomic mass is 16.2. The molecule has 0 aliphatic heterocycles. The predicted octanol–water partition coefficient (Wildman–Crippen LogP) is 3.33. The number of carbonyl (C=O) groups excluding carboxylic acids is 1. The number of carbonyl (C=O) groups is 1. The number of hydrogen-bond acceptors (Lipinski definition) is 2. The highest BCUT2D eigenvalue weighted by Gasteiger charge is 2.13. The molecule has 2 rings (SSSR count). The number of nitrogens with one attached hydrogen (secondary N) is 1. The van der Waals surface area contributed by atoms with E-state index in [4.69, 9.17) is 5.73 Å². The van der Waals surface area contributed by atoms with Gasteiger partial charge in [-0.2, -0.15) is 0 Å². The van der Waals surface area contributed by atoms with Gasteiger partial charge in [0, 0.05) is 23.6 Å². The van der Waals surface area contributed by atoms with Gasteiger partial charge in [0.2, 0.25) is 0 Å². The minimum absolute atomic E-state index is 0.167. The minimum atomic E-state index is -0.167. The summed E-state index contributed by atoms with van der Waals surface area (Å²) in [5.74, 6) is 0. The maximum absolute atomic E-state index is 12.2. The Morgan fingerprint density at radius 1 is 1.16 bits per heavy atom. The first-order chi connectivity index (χ1) is 9.20. The Kier molecular flexibility index (Phi) is 4.03. The predicted molar refractivity (Wildman–Crippen MR) is 79.3 cm³/mol. The van der Waals surface area contributed by atoms with Gasteiger partial charge in [-0.25, -0.2) is 4.79 Å². The van der Waals surface area contributed by atoms with Crippen molar-refractivity contribution in [1.29, 1.82) is 0 Å². The van der Waals surface area contributed by atoms with E-state index < -0.39 is 0 Å². The third-order valence-corrected chi connectivity index (χ3v) is 2.77. The molecule has 0 unspecified atom stereocenters. The molecule has 0 aliphatic rings. The van der Waals surface area contributed by atoms with Crippen LogP contribution in [0.25, 0.3) is 0 Å². The molecular formula is C15H17N3O. The monoisotopic (exact) mass is 255 g/mol. The molecule has 2 amide bonds. The van der Waals surface area contributed by atoms with E-state index in [1.54, 1.807) is 17.0 Å². The lowest BCUT2D eigenvalue weighted by molar-refractivity contribution is 0.257. The highest BCUT2D eigenvalue weighted by molar-refractivity contribution is 6.01. The third-order valence-electron chi connectivity index (χ3n) is 2.77. The quantitative estimate of drug-likeness (QED) is 0.826. The number of urea groups is 1. The third kappa shape index (κ3) is 3.25. The van der Waals surface area contributed by atoms with Crippen molar-refractivity contribution in [2.24, 2.45) is 0 Å². The zero-order chi connectivity index (χ0) is 13.7. The maximum Gasteiger partial charge on any atom is 0.326 e. The summed E-state index contributed by atoms with van der Waals surface area (Å²) in [5.41, 5.74) is 7.95. The van der Waals surface area contributed by atoms with E-state index in [9.17, 15) is 4.79 Å². The van der Waals surface area contributed by atoms with Crippen LogP contribution in [0.4, 0.5) is 21.9 Å². The summed E-state index contributed by atoms with van der Waals surface area (Å²) in [5, 5.41) is 2.86. The molecular weight excluding hydrogens is 238 g/mol. The lowest BCUT2D eigenvalue weighted by Gasteiger charge is -2.21. The standard InChI is InChI=1S/C15H17N3O/c1-2-18(14-10-6-7-12(16)11-14)15(19)17-13-8-4-3-5-9-13/h3-11H,2,16H2,1H3,(H,17,19). The second kappa shape index (κ2) is 5.91. The van der Waals surface area contributed by atoms with Crippen LogP contribution in [-0.2, 0) is 0 Å². The maximum atomic E-state index is 12.2. The van der Waals surface area contributed by atoms with Gasteiger partial charge in [-0.05, 0) is 37.3 Å². The molecule has 2 aromatic rings. The Morgan fingerprint density at radius 3 is 2.53 bits per heavy atom. The van der Waals surface area contributed by atoms with E-state index in [2.05, 4.69) is 5.32 Å². The molecule has 4 heteroatoms. The summed E-state index contributed by atoms with van der Waals surface area (Å²) in [4.78, 5) is 13.9. The van der Waals surface area contributed by atoms with Crippen molar-refractivity contribution in [1.82, 2.24) is 0 Å². The van der Waals surface area contributed by atoms with Crippen molar-refractivity contribution in [3.8, 4) is 0 Å². The van der Waals surface area contributed by atoms with Gasteiger partial charge in [-0.3, -0.25) is 4.90 Å². The fourth-order valence-electron chi connectivity index (χ4n) is 1.85. The number of para-hydroxylation sites is 1. The largest absolute Gasteiger partial charge is 0.399 e. The Labute approximate surface area is 112 Å². The van der Waals surface area contributed by atoms with Crippen LogP contribution in [0.2, 0.25) is 0 Å². The van der Waals surface area contributed by atoms with Crippen molar-refractivity contribution in [2.75, 3.05) is 22.5 Å². The smallest absolute Gasteiger partial charge is 0.326 e. The first-order valence-electron chi connectivity index (χ1n) is 6.20. The summed E-state index contributed by atoms with van der Waals surface area (Å²) in [7, 11) is 0. The number of nitrogens with two attached hydrogens (primary N) is 1. The summed E-state index contributed by atoms with van der Waals surface area (Å²) in [6.45, 7) is 2.50. The van der Waals surface area contributed by atoms with Crippen LogP contribution >= 0.6 is 0 Å². The van der Waals surface area contributed by atoms with Gasteiger partial charge in [-0.1, -0.05) is 24.3 Å². The zero-order valence-electron chi connectivity index (χ0n) is 10.8. The molecule has 98 valence electrons. The van der Waals surface area contributed by atoms with Gasteiger partial charge in [-0.15, -0.1) is 0 Å². The number of anilines is 3. The summed E-state index contributed by atoms with van der Waals surface area (Å²) in [6.07, 6.45) is 0. The summed E-state index contributed by atoms with van der Waals surface area (Å²) < 4.78 is 0. The van der Waals surface area contributed by atoms with Crippen molar-refractivity contribution in [3.63, 3.8) is 0 Å². The Balaban J connectivity index is 2.16. The van der Waals surface area contributed by atoms with Crippen LogP contribution in [0.3, 0.4) is 0 Å². The molecule has 0 heterocycles. The fraction of sp³-hybridized carbons (Fsp3) is 0.133. The summed E-state index contributed by atoms with van der Waals surface area (Å²) >= 11 is 0. The van der Waals surface area contributed by atoms with E-state index >= 15 is 0 Å². The van der Waals surface area contributed by atoms with Crippen molar-refractivity contribution < 1.29 is 4.79 Å². The van der Waals surface area contributed by atoms with Gasteiger partial charge in [0.25, 0.3) is 0 Å². The molecule has 0 saturated heterocycles. The number of hydrogen-bond donors (Lipinski definition) is 2. The molecule has 19 heavy (non-hydrogen) atoms. The first kappa shape index (κ1) is 13.0. The number of benzene rings is 2. The van der Waals surface area contributed by atoms with E-state index in [1.807, 2.05) is 49.4 Å². The lowest BCUT2D eigenvalue weighted by atomic mass is 10.2. The summed E-state index contributed by atoms with van der Waals surface area (Å²) in [6, 6.07) is 16.5. The molecule has 2 aromatic carbocycles. The van der Waals surface area contributed by atoms with Crippen LogP contribution in [0, 0.1) is 0 Å².